The summed E-state index contributed by atoms with van der Waals surface area (Å²) < 4.78 is 0.966. The van der Waals surface area contributed by atoms with Gasteiger partial charge in [0.2, 0.25) is 0 Å². The van der Waals surface area contributed by atoms with Crippen molar-refractivity contribution < 1.29 is 0 Å². The van der Waals surface area contributed by atoms with Crippen molar-refractivity contribution in [3.8, 4) is 18.2 Å². The second kappa shape index (κ2) is 4.97. The number of anilines is 1. The van der Waals surface area contributed by atoms with Gasteiger partial charge in [-0.3, -0.25) is 0 Å². The van der Waals surface area contributed by atoms with Gasteiger partial charge in [0.15, 0.2) is 10.7 Å². The van der Waals surface area contributed by atoms with Crippen molar-refractivity contribution in [2.45, 2.75) is 0 Å². The largest absolute Gasteiger partial charge is 0.321 e. The minimum atomic E-state index is -0.253. The number of allylic oxidation sites excluding steroid dienone is 2. The molecule has 0 radical (unpaired) electrons. The van der Waals surface area contributed by atoms with Gasteiger partial charge in [0.05, 0.1) is 10.2 Å². The standard InChI is InChI=1S/C12H5N5S/c13-5-8(6-14)10(7-15)17-12-16-9-3-1-2-4-11(9)18-12/h1-4H,(H,16,17). The molecule has 1 heterocycles. The lowest BCUT2D eigenvalue weighted by molar-refractivity contribution is 1.35. The molecule has 0 fully saturated rings. The Labute approximate surface area is 107 Å². The molecule has 84 valence electrons. The Bertz CT molecular complexity index is 702. The summed E-state index contributed by atoms with van der Waals surface area (Å²) in [5, 5.41) is 29.5. The molecule has 0 aliphatic rings. The first-order valence-electron chi connectivity index (χ1n) is 4.85. The Balaban J connectivity index is 2.41. The van der Waals surface area contributed by atoms with Crippen molar-refractivity contribution in [3.63, 3.8) is 0 Å². The zero-order valence-corrected chi connectivity index (χ0v) is 9.82. The molecule has 0 saturated carbocycles. The minimum absolute atomic E-state index is 0.0842. The van der Waals surface area contributed by atoms with Gasteiger partial charge in [0, 0.05) is 0 Å². The third kappa shape index (κ3) is 2.12. The van der Waals surface area contributed by atoms with Crippen molar-refractivity contribution in [1.82, 2.24) is 4.98 Å². The molecule has 0 amide bonds. The van der Waals surface area contributed by atoms with Gasteiger partial charge in [-0.15, -0.1) is 0 Å². The average Bonchev–Trinajstić information content (AvgIpc) is 2.81. The highest BCUT2D eigenvalue weighted by molar-refractivity contribution is 7.22. The van der Waals surface area contributed by atoms with Crippen LogP contribution in [-0.4, -0.2) is 4.98 Å². The quantitative estimate of drug-likeness (QED) is 0.827. The Kier molecular flexibility index (Phi) is 3.20. The summed E-state index contributed by atoms with van der Waals surface area (Å²) in [5.41, 5.74) is 0.466. The van der Waals surface area contributed by atoms with E-state index in [2.05, 4.69) is 10.3 Å². The summed E-state index contributed by atoms with van der Waals surface area (Å²) in [6, 6.07) is 12.6. The van der Waals surface area contributed by atoms with E-state index in [1.807, 2.05) is 24.3 Å². The first-order chi connectivity index (χ1) is 8.78. The average molecular weight is 251 g/mol. The number of nitrogens with zero attached hydrogens (tertiary/aromatic N) is 4. The number of hydrogen-bond donors (Lipinski definition) is 1. The van der Waals surface area contributed by atoms with E-state index in [1.165, 1.54) is 11.3 Å². The van der Waals surface area contributed by atoms with Crippen molar-refractivity contribution >= 4 is 26.7 Å². The van der Waals surface area contributed by atoms with Gasteiger partial charge in [-0.2, -0.15) is 15.8 Å². The molecule has 6 heteroatoms. The highest BCUT2D eigenvalue weighted by Gasteiger charge is 2.09. The predicted octanol–water partition coefficient (Wildman–Crippen LogP) is 2.53. The molecular weight excluding hydrogens is 246 g/mol. The molecule has 0 saturated heterocycles. The van der Waals surface area contributed by atoms with Crippen molar-refractivity contribution in [3.05, 3.63) is 35.5 Å². The Hall–Kier alpha value is -2.88. The fraction of sp³-hybridized carbons (Fsp3) is 0. The zero-order valence-electron chi connectivity index (χ0n) is 9.01. The minimum Gasteiger partial charge on any atom is -0.321 e. The second-order valence-corrected chi connectivity index (χ2v) is 4.23. The van der Waals surface area contributed by atoms with E-state index < -0.39 is 0 Å². The number of benzene rings is 1. The third-order valence-corrected chi connectivity index (χ3v) is 3.06. The Morgan fingerprint density at radius 3 is 2.44 bits per heavy atom. The van der Waals surface area contributed by atoms with Crippen LogP contribution in [0.25, 0.3) is 10.2 Å². The number of aromatic nitrogens is 1. The fourth-order valence-electron chi connectivity index (χ4n) is 1.32. The number of nitriles is 3. The molecule has 0 aliphatic carbocycles. The van der Waals surface area contributed by atoms with Crippen LogP contribution in [0.4, 0.5) is 5.13 Å². The lowest BCUT2D eigenvalue weighted by atomic mass is 10.2. The van der Waals surface area contributed by atoms with E-state index in [4.69, 9.17) is 15.8 Å². The first-order valence-corrected chi connectivity index (χ1v) is 5.67. The molecule has 0 unspecified atom stereocenters. The maximum atomic E-state index is 8.90. The molecule has 0 aliphatic heterocycles. The number of nitrogens with one attached hydrogen (secondary N) is 1. The highest BCUT2D eigenvalue weighted by Crippen LogP contribution is 2.26. The monoisotopic (exact) mass is 251 g/mol. The van der Waals surface area contributed by atoms with Gasteiger partial charge < -0.3 is 5.32 Å². The van der Waals surface area contributed by atoms with Crippen LogP contribution in [0.2, 0.25) is 0 Å². The molecular formula is C12H5N5S. The van der Waals surface area contributed by atoms with Gasteiger partial charge in [0.1, 0.15) is 23.9 Å². The van der Waals surface area contributed by atoms with Crippen LogP contribution < -0.4 is 5.32 Å². The van der Waals surface area contributed by atoms with Crippen molar-refractivity contribution in [2.75, 3.05) is 5.32 Å². The van der Waals surface area contributed by atoms with Gasteiger partial charge >= 0.3 is 0 Å². The van der Waals surface area contributed by atoms with Crippen LogP contribution in [0.5, 0.6) is 0 Å². The van der Waals surface area contributed by atoms with Gasteiger partial charge in [-0.05, 0) is 12.1 Å². The molecule has 1 aromatic carbocycles. The molecule has 0 bridgehead atoms. The van der Waals surface area contributed by atoms with E-state index in [1.54, 1.807) is 18.2 Å². The van der Waals surface area contributed by atoms with Gasteiger partial charge in [-0.1, -0.05) is 23.5 Å². The van der Waals surface area contributed by atoms with Crippen LogP contribution in [0.1, 0.15) is 0 Å². The molecule has 1 aromatic heterocycles. The van der Waals surface area contributed by atoms with Crippen LogP contribution in [0.15, 0.2) is 35.5 Å². The third-order valence-electron chi connectivity index (χ3n) is 2.11. The number of fused-ring (bicyclic) bond motifs is 1. The molecule has 18 heavy (non-hydrogen) atoms. The van der Waals surface area contributed by atoms with Crippen LogP contribution >= 0.6 is 11.3 Å². The summed E-state index contributed by atoms with van der Waals surface area (Å²) in [7, 11) is 0. The lowest BCUT2D eigenvalue weighted by Gasteiger charge is -1.97. The van der Waals surface area contributed by atoms with Crippen LogP contribution in [0, 0.1) is 34.0 Å². The Morgan fingerprint density at radius 2 is 1.83 bits per heavy atom. The van der Waals surface area contributed by atoms with E-state index in [0.29, 0.717) is 5.13 Å². The van der Waals surface area contributed by atoms with Gasteiger partial charge in [-0.25, -0.2) is 4.98 Å². The SMILES string of the molecule is N#CC(C#N)=C(C#N)Nc1nc2ccccc2s1. The molecule has 1 N–H and O–H groups in total. The number of thiazole rings is 1. The van der Waals surface area contributed by atoms with Crippen LogP contribution in [-0.2, 0) is 0 Å². The second-order valence-electron chi connectivity index (χ2n) is 3.20. The van der Waals surface area contributed by atoms with Crippen molar-refractivity contribution in [2.24, 2.45) is 0 Å². The number of para-hydroxylation sites is 1. The topological polar surface area (TPSA) is 96.3 Å². The maximum absolute atomic E-state index is 8.90. The zero-order chi connectivity index (χ0) is 13.0. The molecule has 0 atom stereocenters. The molecule has 0 spiro atoms. The predicted molar refractivity (Wildman–Crippen MR) is 67.1 cm³/mol. The number of rotatable bonds is 2. The summed E-state index contributed by atoms with van der Waals surface area (Å²) in [4.78, 5) is 4.25. The normalized spacial score (nSPS) is 8.94. The van der Waals surface area contributed by atoms with Gasteiger partial charge in [0.25, 0.3) is 0 Å². The fourth-order valence-corrected chi connectivity index (χ4v) is 2.19. The lowest BCUT2D eigenvalue weighted by Crippen LogP contribution is -1.99. The summed E-state index contributed by atoms with van der Waals surface area (Å²) in [5.74, 6) is 0. The highest BCUT2D eigenvalue weighted by atomic mass is 32.1. The Morgan fingerprint density at radius 1 is 1.11 bits per heavy atom. The summed E-state index contributed by atoms with van der Waals surface area (Å²) >= 11 is 1.35. The molecule has 2 aromatic rings. The van der Waals surface area contributed by atoms with E-state index in [-0.39, 0.29) is 11.3 Å². The number of hydrogen-bond acceptors (Lipinski definition) is 6. The van der Waals surface area contributed by atoms with E-state index in [9.17, 15) is 0 Å². The maximum Gasteiger partial charge on any atom is 0.188 e. The smallest absolute Gasteiger partial charge is 0.188 e. The van der Waals surface area contributed by atoms with Crippen LogP contribution in [0.3, 0.4) is 0 Å². The van der Waals surface area contributed by atoms with E-state index in [0.717, 1.165) is 10.2 Å². The molecule has 5 nitrogen and oxygen atoms in total. The van der Waals surface area contributed by atoms with Crippen molar-refractivity contribution in [1.29, 1.82) is 15.8 Å². The van der Waals surface area contributed by atoms with E-state index >= 15 is 0 Å². The first kappa shape index (κ1) is 11.6. The summed E-state index contributed by atoms with van der Waals surface area (Å²) in [6.07, 6.45) is 0. The summed E-state index contributed by atoms with van der Waals surface area (Å²) in [6.45, 7) is 0. The molecule has 2 rings (SSSR count).